The normalized spacial score (nSPS) is 9.27. The van der Waals surface area contributed by atoms with Crippen LogP contribution in [-0.2, 0) is 0 Å². The molecule has 70 valence electrons. The van der Waals surface area contributed by atoms with E-state index in [2.05, 4.69) is 13.8 Å². The van der Waals surface area contributed by atoms with Crippen LogP contribution in [0.2, 0.25) is 0 Å². The van der Waals surface area contributed by atoms with Crippen LogP contribution in [0.5, 0.6) is 0 Å². The van der Waals surface area contributed by atoms with Crippen LogP contribution in [0, 0.1) is 0 Å². The summed E-state index contributed by atoms with van der Waals surface area (Å²) >= 11 is 0. The van der Waals surface area contributed by atoms with Gasteiger partial charge in [-0.2, -0.15) is 0 Å². The molecule has 0 unspecified atom stereocenters. The van der Waals surface area contributed by atoms with E-state index in [-0.39, 0.29) is 7.43 Å². The SMILES string of the molecule is C.CCCCCCSSCC. The fraction of sp³-hybridized carbons (Fsp3) is 1.00. The van der Waals surface area contributed by atoms with E-state index in [4.69, 9.17) is 0 Å². The van der Waals surface area contributed by atoms with Gasteiger partial charge in [-0.05, 0) is 6.42 Å². The minimum Gasteiger partial charge on any atom is -0.0944 e. The summed E-state index contributed by atoms with van der Waals surface area (Å²) in [6, 6.07) is 0. The Morgan fingerprint density at radius 3 is 2.18 bits per heavy atom. The summed E-state index contributed by atoms with van der Waals surface area (Å²) in [5.74, 6) is 2.59. The lowest BCUT2D eigenvalue weighted by Gasteiger charge is -1.97. The maximum absolute atomic E-state index is 2.26. The zero-order valence-corrected chi connectivity index (χ0v) is 8.69. The van der Waals surface area contributed by atoms with Crippen molar-refractivity contribution in [1.82, 2.24) is 0 Å². The Balaban J connectivity index is 0. The lowest BCUT2D eigenvalue weighted by Crippen LogP contribution is -1.77. The van der Waals surface area contributed by atoms with Crippen molar-refractivity contribution in [2.24, 2.45) is 0 Å². The van der Waals surface area contributed by atoms with E-state index in [1.54, 1.807) is 0 Å². The highest BCUT2D eigenvalue weighted by Gasteiger charge is 1.88. The van der Waals surface area contributed by atoms with Gasteiger partial charge in [-0.1, -0.05) is 62.1 Å². The van der Waals surface area contributed by atoms with Gasteiger partial charge in [0.2, 0.25) is 0 Å². The molecular formula is C9H22S2. The molecule has 0 saturated heterocycles. The molecule has 0 aliphatic rings. The molecule has 0 aromatic carbocycles. The third kappa shape index (κ3) is 13.7. The summed E-state index contributed by atoms with van der Waals surface area (Å²) < 4.78 is 0. The molecule has 11 heavy (non-hydrogen) atoms. The highest BCUT2D eigenvalue weighted by Crippen LogP contribution is 2.21. The molecule has 0 bridgehead atoms. The van der Waals surface area contributed by atoms with Gasteiger partial charge in [0.05, 0.1) is 0 Å². The maximum Gasteiger partial charge on any atom is 0.00369 e. The van der Waals surface area contributed by atoms with Gasteiger partial charge in [0.1, 0.15) is 0 Å². The number of hydrogen-bond donors (Lipinski definition) is 0. The summed E-state index contributed by atoms with van der Waals surface area (Å²) in [6.45, 7) is 4.47. The van der Waals surface area contributed by atoms with Crippen LogP contribution in [0.25, 0.3) is 0 Å². The summed E-state index contributed by atoms with van der Waals surface area (Å²) in [5.41, 5.74) is 0. The van der Waals surface area contributed by atoms with Crippen molar-refractivity contribution >= 4 is 21.6 Å². The van der Waals surface area contributed by atoms with Crippen LogP contribution in [0.4, 0.5) is 0 Å². The topological polar surface area (TPSA) is 0 Å². The molecule has 0 heterocycles. The van der Waals surface area contributed by atoms with Crippen LogP contribution in [-0.4, -0.2) is 11.5 Å². The fourth-order valence-corrected chi connectivity index (χ4v) is 2.54. The Morgan fingerprint density at radius 1 is 0.909 bits per heavy atom. The van der Waals surface area contributed by atoms with Gasteiger partial charge in [-0.25, -0.2) is 0 Å². The molecule has 0 radical (unpaired) electrons. The Hall–Kier alpha value is 0.700. The summed E-state index contributed by atoms with van der Waals surface area (Å²) in [6.07, 6.45) is 5.60. The van der Waals surface area contributed by atoms with Crippen LogP contribution in [0.1, 0.15) is 47.0 Å². The van der Waals surface area contributed by atoms with E-state index in [0.29, 0.717) is 0 Å². The zero-order chi connectivity index (χ0) is 7.66. The number of hydrogen-bond acceptors (Lipinski definition) is 2. The minimum atomic E-state index is 0. The van der Waals surface area contributed by atoms with Crippen molar-refractivity contribution in [3.8, 4) is 0 Å². The highest BCUT2D eigenvalue weighted by atomic mass is 33.1. The molecular weight excluding hydrogens is 172 g/mol. The van der Waals surface area contributed by atoms with E-state index in [0.717, 1.165) is 0 Å². The van der Waals surface area contributed by atoms with Crippen LogP contribution < -0.4 is 0 Å². The first-order valence-corrected chi connectivity index (χ1v) is 6.65. The summed E-state index contributed by atoms with van der Waals surface area (Å²) in [7, 11) is 4.00. The predicted octanol–water partition coefficient (Wildman–Crippen LogP) is 4.60. The molecule has 0 spiro atoms. The smallest absolute Gasteiger partial charge is 0.00369 e. The van der Waals surface area contributed by atoms with Crippen molar-refractivity contribution in [1.29, 1.82) is 0 Å². The Morgan fingerprint density at radius 2 is 1.64 bits per heavy atom. The second-order valence-electron chi connectivity index (χ2n) is 2.29. The van der Waals surface area contributed by atoms with Gasteiger partial charge in [0.15, 0.2) is 0 Å². The molecule has 0 atom stereocenters. The second-order valence-corrected chi connectivity index (χ2v) is 5.16. The van der Waals surface area contributed by atoms with Crippen molar-refractivity contribution in [3.63, 3.8) is 0 Å². The molecule has 0 amide bonds. The molecule has 2 heteroatoms. The van der Waals surface area contributed by atoms with Gasteiger partial charge in [-0.3, -0.25) is 0 Å². The first kappa shape index (κ1) is 14.2. The molecule has 0 aliphatic carbocycles. The molecule has 0 aliphatic heterocycles. The standard InChI is InChI=1S/C8H18S2.CH4/c1-3-5-6-7-8-10-9-4-2;/h3-8H2,1-2H3;1H4. The Bertz CT molecular complexity index is 47.5. The van der Waals surface area contributed by atoms with E-state index in [9.17, 15) is 0 Å². The van der Waals surface area contributed by atoms with E-state index in [1.807, 2.05) is 21.6 Å². The van der Waals surface area contributed by atoms with Gasteiger partial charge in [0.25, 0.3) is 0 Å². The monoisotopic (exact) mass is 194 g/mol. The number of unbranched alkanes of at least 4 members (excludes halogenated alkanes) is 3. The minimum absolute atomic E-state index is 0. The van der Waals surface area contributed by atoms with Crippen molar-refractivity contribution in [2.75, 3.05) is 11.5 Å². The number of rotatable bonds is 7. The molecule has 0 aromatic rings. The molecule has 0 N–H and O–H groups in total. The van der Waals surface area contributed by atoms with Crippen LogP contribution >= 0.6 is 21.6 Å². The second kappa shape index (κ2) is 13.3. The fourth-order valence-electron chi connectivity index (χ4n) is 0.730. The molecule has 0 nitrogen and oxygen atoms in total. The van der Waals surface area contributed by atoms with Gasteiger partial charge < -0.3 is 0 Å². The van der Waals surface area contributed by atoms with E-state index < -0.39 is 0 Å². The quantitative estimate of drug-likeness (QED) is 0.429. The van der Waals surface area contributed by atoms with E-state index >= 15 is 0 Å². The van der Waals surface area contributed by atoms with E-state index in [1.165, 1.54) is 37.2 Å². The average Bonchev–Trinajstić information content (AvgIpc) is 1.97. The zero-order valence-electron chi connectivity index (χ0n) is 7.06. The Labute approximate surface area is 80.3 Å². The van der Waals surface area contributed by atoms with Gasteiger partial charge in [0, 0.05) is 11.5 Å². The molecule has 0 fully saturated rings. The Kier molecular flexibility index (Phi) is 17.2. The van der Waals surface area contributed by atoms with Crippen molar-refractivity contribution in [2.45, 2.75) is 47.0 Å². The summed E-state index contributed by atoms with van der Waals surface area (Å²) in [4.78, 5) is 0. The third-order valence-corrected chi connectivity index (χ3v) is 3.85. The van der Waals surface area contributed by atoms with Gasteiger partial charge in [-0.15, -0.1) is 0 Å². The lowest BCUT2D eigenvalue weighted by atomic mass is 10.2. The lowest BCUT2D eigenvalue weighted by molar-refractivity contribution is 0.707. The highest BCUT2D eigenvalue weighted by molar-refractivity contribution is 8.76. The molecule has 0 saturated carbocycles. The third-order valence-electron chi connectivity index (χ3n) is 1.28. The predicted molar refractivity (Wildman–Crippen MR) is 61.5 cm³/mol. The van der Waals surface area contributed by atoms with Crippen molar-refractivity contribution < 1.29 is 0 Å². The maximum atomic E-state index is 2.26. The largest absolute Gasteiger partial charge is 0.0944 e. The van der Waals surface area contributed by atoms with Crippen LogP contribution in [0.3, 0.4) is 0 Å². The van der Waals surface area contributed by atoms with Crippen LogP contribution in [0.15, 0.2) is 0 Å². The van der Waals surface area contributed by atoms with Crippen molar-refractivity contribution in [3.05, 3.63) is 0 Å². The van der Waals surface area contributed by atoms with Gasteiger partial charge >= 0.3 is 0 Å². The first-order chi connectivity index (χ1) is 4.91. The molecule has 0 aromatic heterocycles. The average molecular weight is 194 g/mol. The summed E-state index contributed by atoms with van der Waals surface area (Å²) in [5, 5.41) is 0. The molecule has 0 rings (SSSR count). The first-order valence-electron chi connectivity index (χ1n) is 4.16.